The second-order valence-corrected chi connectivity index (χ2v) is 12.1. The Morgan fingerprint density at radius 1 is 0.324 bits per heavy atom. The van der Waals surface area contributed by atoms with Gasteiger partial charge in [-0.05, 0) is 25.7 Å². The molecule has 37 heavy (non-hydrogen) atoms. The lowest BCUT2D eigenvalue weighted by Crippen LogP contribution is -1.99. The van der Waals surface area contributed by atoms with Crippen molar-refractivity contribution >= 4 is 5.71 Å². The summed E-state index contributed by atoms with van der Waals surface area (Å²) in [5.41, 5.74) is 1.05. The third kappa shape index (κ3) is 31.6. The molecule has 0 amide bonds. The summed E-state index contributed by atoms with van der Waals surface area (Å²) in [6.07, 6.45) is 44.1. The van der Waals surface area contributed by atoms with E-state index in [4.69, 9.17) is 0 Å². The molecule has 0 atom stereocenters. The van der Waals surface area contributed by atoms with Crippen LogP contribution >= 0.6 is 0 Å². The summed E-state index contributed by atoms with van der Waals surface area (Å²) in [7, 11) is 0. The number of hydrogen-bond acceptors (Lipinski definition) is 2. The SMILES string of the molecule is CCCCCCCCCCCCCCCCCC(CCCCCCCCCCCCCCCCC)=NO. The maximum Gasteiger partial charge on any atom is 0.0570 e. The zero-order valence-electron chi connectivity index (χ0n) is 26.0. The zero-order chi connectivity index (χ0) is 26.9. The van der Waals surface area contributed by atoms with Crippen LogP contribution in [0.25, 0.3) is 0 Å². The van der Waals surface area contributed by atoms with Crippen molar-refractivity contribution in [1.82, 2.24) is 0 Å². The number of nitrogens with zero attached hydrogens (tertiary/aromatic N) is 1. The molecule has 0 rings (SSSR count). The molecule has 0 radical (unpaired) electrons. The summed E-state index contributed by atoms with van der Waals surface area (Å²) in [5.74, 6) is 0. The fourth-order valence-electron chi connectivity index (χ4n) is 5.63. The van der Waals surface area contributed by atoms with E-state index in [1.54, 1.807) is 0 Å². The fourth-order valence-corrected chi connectivity index (χ4v) is 5.63. The molecule has 222 valence electrons. The number of unbranched alkanes of at least 4 members (excludes halogenated alkanes) is 28. The summed E-state index contributed by atoms with van der Waals surface area (Å²) >= 11 is 0. The first kappa shape index (κ1) is 36.5. The van der Waals surface area contributed by atoms with Crippen molar-refractivity contribution in [3.05, 3.63) is 0 Å². The molecular weight excluding hydrogens is 450 g/mol. The molecule has 0 spiro atoms. The van der Waals surface area contributed by atoms with Crippen LogP contribution in [-0.4, -0.2) is 10.9 Å². The van der Waals surface area contributed by atoms with Gasteiger partial charge >= 0.3 is 0 Å². The lowest BCUT2D eigenvalue weighted by atomic mass is 10.0. The van der Waals surface area contributed by atoms with Crippen LogP contribution in [0.5, 0.6) is 0 Å². The van der Waals surface area contributed by atoms with E-state index >= 15 is 0 Å². The highest BCUT2D eigenvalue weighted by Crippen LogP contribution is 2.16. The fraction of sp³-hybridized carbons (Fsp3) is 0.971. The highest BCUT2D eigenvalue weighted by Gasteiger charge is 2.02. The van der Waals surface area contributed by atoms with Crippen LogP contribution in [0, 0.1) is 0 Å². The first-order valence-electron chi connectivity index (χ1n) is 17.5. The first-order chi connectivity index (χ1) is 18.3. The molecular formula is C35H71NO. The summed E-state index contributed by atoms with van der Waals surface area (Å²) < 4.78 is 0. The van der Waals surface area contributed by atoms with Gasteiger partial charge in [-0.15, -0.1) is 0 Å². The van der Waals surface area contributed by atoms with Gasteiger partial charge in [-0.25, -0.2) is 0 Å². The molecule has 0 aliphatic rings. The predicted octanol–water partition coefficient (Wildman–Crippen LogP) is 13.3. The van der Waals surface area contributed by atoms with Gasteiger partial charge in [0.15, 0.2) is 0 Å². The standard InChI is InChI=1S/C35H71NO/c1-3-5-7-9-11-13-15-17-19-21-23-25-27-29-31-33-35(36-37)34-32-30-28-26-24-22-20-18-16-14-12-10-8-6-4-2/h37H,3-34H2,1-2H3. The van der Waals surface area contributed by atoms with Crippen LogP contribution < -0.4 is 0 Å². The number of hydrogen-bond donors (Lipinski definition) is 1. The van der Waals surface area contributed by atoms with E-state index in [-0.39, 0.29) is 0 Å². The van der Waals surface area contributed by atoms with Crippen LogP contribution in [-0.2, 0) is 0 Å². The molecule has 0 aromatic rings. The van der Waals surface area contributed by atoms with Gasteiger partial charge in [0, 0.05) is 0 Å². The number of rotatable bonds is 32. The lowest BCUT2D eigenvalue weighted by molar-refractivity contribution is 0.315. The minimum absolute atomic E-state index is 1.01. The van der Waals surface area contributed by atoms with Crippen LogP contribution in [0.3, 0.4) is 0 Å². The van der Waals surface area contributed by atoms with Gasteiger partial charge in [0.2, 0.25) is 0 Å². The Bertz CT molecular complexity index is 397. The van der Waals surface area contributed by atoms with Crippen molar-refractivity contribution < 1.29 is 5.21 Å². The van der Waals surface area contributed by atoms with Gasteiger partial charge < -0.3 is 5.21 Å². The van der Waals surface area contributed by atoms with Crippen molar-refractivity contribution in [3.8, 4) is 0 Å². The Kier molecular flexibility index (Phi) is 33.0. The molecule has 0 aromatic carbocycles. The van der Waals surface area contributed by atoms with Crippen LogP contribution in [0.4, 0.5) is 0 Å². The summed E-state index contributed by atoms with van der Waals surface area (Å²) in [6.45, 7) is 4.59. The minimum atomic E-state index is 1.01. The third-order valence-corrected chi connectivity index (χ3v) is 8.28. The first-order valence-corrected chi connectivity index (χ1v) is 17.5. The largest absolute Gasteiger partial charge is 0.411 e. The highest BCUT2D eigenvalue weighted by atomic mass is 16.4. The lowest BCUT2D eigenvalue weighted by Gasteiger charge is -2.06. The van der Waals surface area contributed by atoms with E-state index in [0.717, 1.165) is 18.6 Å². The molecule has 0 saturated heterocycles. The zero-order valence-corrected chi connectivity index (χ0v) is 26.0. The topological polar surface area (TPSA) is 32.6 Å². The summed E-state index contributed by atoms with van der Waals surface area (Å²) in [5, 5.41) is 13.0. The van der Waals surface area contributed by atoms with Gasteiger partial charge in [-0.1, -0.05) is 199 Å². The molecule has 0 fully saturated rings. The normalized spacial score (nSPS) is 11.3. The maximum absolute atomic E-state index is 9.34. The van der Waals surface area contributed by atoms with E-state index in [1.165, 1.54) is 193 Å². The van der Waals surface area contributed by atoms with Crippen molar-refractivity contribution in [1.29, 1.82) is 0 Å². The second kappa shape index (κ2) is 33.5. The molecule has 0 aliphatic heterocycles. The average molecular weight is 522 g/mol. The molecule has 0 saturated carbocycles. The molecule has 1 N–H and O–H groups in total. The van der Waals surface area contributed by atoms with E-state index in [1.807, 2.05) is 0 Å². The van der Waals surface area contributed by atoms with Crippen molar-refractivity contribution in [2.45, 2.75) is 219 Å². The Hall–Kier alpha value is -0.530. The third-order valence-electron chi connectivity index (χ3n) is 8.28. The minimum Gasteiger partial charge on any atom is -0.411 e. The van der Waals surface area contributed by atoms with Gasteiger partial charge in [0.05, 0.1) is 5.71 Å². The Morgan fingerprint density at radius 2 is 0.514 bits per heavy atom. The molecule has 2 nitrogen and oxygen atoms in total. The van der Waals surface area contributed by atoms with E-state index in [9.17, 15) is 5.21 Å². The maximum atomic E-state index is 9.34. The van der Waals surface area contributed by atoms with Crippen LogP contribution in [0.1, 0.15) is 219 Å². The van der Waals surface area contributed by atoms with Gasteiger partial charge in [0.1, 0.15) is 0 Å². The van der Waals surface area contributed by atoms with Gasteiger partial charge in [-0.2, -0.15) is 0 Å². The smallest absolute Gasteiger partial charge is 0.0570 e. The molecule has 0 aromatic heterocycles. The monoisotopic (exact) mass is 522 g/mol. The molecule has 0 bridgehead atoms. The predicted molar refractivity (Wildman–Crippen MR) is 168 cm³/mol. The van der Waals surface area contributed by atoms with Gasteiger partial charge in [-0.3, -0.25) is 0 Å². The average Bonchev–Trinajstić information content (AvgIpc) is 2.91. The Balaban J connectivity index is 3.27. The van der Waals surface area contributed by atoms with Crippen molar-refractivity contribution in [3.63, 3.8) is 0 Å². The second-order valence-electron chi connectivity index (χ2n) is 12.1. The summed E-state index contributed by atoms with van der Waals surface area (Å²) in [4.78, 5) is 0. The summed E-state index contributed by atoms with van der Waals surface area (Å²) in [6, 6.07) is 0. The van der Waals surface area contributed by atoms with Crippen molar-refractivity contribution in [2.75, 3.05) is 0 Å². The van der Waals surface area contributed by atoms with E-state index in [2.05, 4.69) is 19.0 Å². The Morgan fingerprint density at radius 3 is 0.703 bits per heavy atom. The van der Waals surface area contributed by atoms with E-state index in [0.29, 0.717) is 0 Å². The van der Waals surface area contributed by atoms with Crippen molar-refractivity contribution in [2.24, 2.45) is 5.16 Å². The molecule has 2 heteroatoms. The highest BCUT2D eigenvalue weighted by molar-refractivity contribution is 5.83. The van der Waals surface area contributed by atoms with Gasteiger partial charge in [0.25, 0.3) is 0 Å². The Labute approximate surface area is 235 Å². The van der Waals surface area contributed by atoms with E-state index < -0.39 is 0 Å². The molecule has 0 unspecified atom stereocenters. The molecule has 0 heterocycles. The molecule has 0 aliphatic carbocycles. The number of oxime groups is 1. The van der Waals surface area contributed by atoms with Crippen LogP contribution in [0.2, 0.25) is 0 Å². The van der Waals surface area contributed by atoms with Crippen LogP contribution in [0.15, 0.2) is 5.16 Å². The quantitative estimate of drug-likeness (QED) is 0.0406.